The Bertz CT molecular complexity index is 902. The second-order valence-electron chi connectivity index (χ2n) is 7.85. The summed E-state index contributed by atoms with van der Waals surface area (Å²) in [5, 5.41) is 25.2. The fourth-order valence-corrected chi connectivity index (χ4v) is 2.84. The summed E-state index contributed by atoms with van der Waals surface area (Å²) in [6, 6.07) is -5.68. The van der Waals surface area contributed by atoms with Crippen LogP contribution in [-0.2, 0) is 35.2 Å². The zero-order valence-corrected chi connectivity index (χ0v) is 18.6. The third-order valence-corrected chi connectivity index (χ3v) is 4.61. The molecule has 15 heteroatoms. The zero-order chi connectivity index (χ0) is 26.0. The summed E-state index contributed by atoms with van der Waals surface area (Å²) in [5.41, 5.74) is 10.9. The van der Waals surface area contributed by atoms with Crippen molar-refractivity contribution in [1.29, 1.82) is 0 Å². The molecule has 0 radical (unpaired) electrons. The Labute approximate surface area is 194 Å². The Balaban J connectivity index is 3.08. The molecule has 1 rings (SSSR count). The third kappa shape index (κ3) is 9.23. The minimum Gasteiger partial charge on any atom is -0.481 e. The summed E-state index contributed by atoms with van der Waals surface area (Å²) in [5.74, 6) is -6.97. The highest BCUT2D eigenvalue weighted by molar-refractivity contribution is 5.96. The van der Waals surface area contributed by atoms with Crippen LogP contribution in [0.5, 0.6) is 0 Å². The molecule has 1 aromatic rings. The molecule has 15 nitrogen and oxygen atoms in total. The van der Waals surface area contributed by atoms with Crippen LogP contribution in [0.3, 0.4) is 0 Å². The van der Waals surface area contributed by atoms with Gasteiger partial charge in [0.2, 0.25) is 23.6 Å². The Kier molecular flexibility index (Phi) is 10.6. The van der Waals surface area contributed by atoms with Gasteiger partial charge in [-0.15, -0.1) is 0 Å². The van der Waals surface area contributed by atoms with Crippen molar-refractivity contribution in [2.45, 2.75) is 57.3 Å². The highest BCUT2D eigenvalue weighted by Gasteiger charge is 2.32. The molecule has 0 saturated carbocycles. The van der Waals surface area contributed by atoms with Crippen LogP contribution in [-0.4, -0.2) is 79.9 Å². The number of carbonyl (C=O) groups is 6. The van der Waals surface area contributed by atoms with E-state index >= 15 is 0 Å². The van der Waals surface area contributed by atoms with Crippen molar-refractivity contribution in [2.75, 3.05) is 0 Å². The number of carboxylic acids is 2. The van der Waals surface area contributed by atoms with E-state index in [1.807, 2.05) is 0 Å². The molecular weight excluding hydrogens is 454 g/mol. The van der Waals surface area contributed by atoms with Gasteiger partial charge in [0.15, 0.2) is 0 Å². The number of hydrogen-bond donors (Lipinski definition) is 8. The average Bonchev–Trinajstić information content (AvgIpc) is 3.22. The maximum Gasteiger partial charge on any atom is 0.326 e. The van der Waals surface area contributed by atoms with Gasteiger partial charge in [0.25, 0.3) is 0 Å². The Morgan fingerprint density at radius 1 is 0.971 bits per heavy atom. The quantitative estimate of drug-likeness (QED) is 0.131. The van der Waals surface area contributed by atoms with Crippen molar-refractivity contribution in [3.63, 3.8) is 0 Å². The number of aromatic amines is 1. The summed E-state index contributed by atoms with van der Waals surface area (Å²) in [6.45, 7) is 3.16. The molecule has 4 unspecified atom stereocenters. The van der Waals surface area contributed by atoms with Crippen LogP contribution in [0.25, 0.3) is 0 Å². The number of imidazole rings is 1. The first-order valence-electron chi connectivity index (χ1n) is 10.2. The smallest absolute Gasteiger partial charge is 0.326 e. The molecule has 0 bridgehead atoms. The predicted octanol–water partition coefficient (Wildman–Crippen LogP) is -3.18. The molecule has 4 atom stereocenters. The lowest BCUT2D eigenvalue weighted by molar-refractivity contribution is -0.144. The number of H-pyrrole nitrogens is 1. The molecule has 1 aromatic heterocycles. The molecule has 4 amide bonds. The van der Waals surface area contributed by atoms with E-state index in [0.29, 0.717) is 5.69 Å². The van der Waals surface area contributed by atoms with Crippen molar-refractivity contribution in [3.8, 4) is 0 Å². The van der Waals surface area contributed by atoms with Crippen LogP contribution >= 0.6 is 0 Å². The lowest BCUT2D eigenvalue weighted by atomic mass is 10.0. The largest absolute Gasteiger partial charge is 0.481 e. The zero-order valence-electron chi connectivity index (χ0n) is 18.6. The van der Waals surface area contributed by atoms with E-state index in [1.54, 1.807) is 13.8 Å². The van der Waals surface area contributed by atoms with Gasteiger partial charge in [-0.25, -0.2) is 9.78 Å². The monoisotopic (exact) mass is 483 g/mol. The first kappa shape index (κ1) is 28.0. The molecule has 0 spiro atoms. The Morgan fingerprint density at radius 3 is 2.03 bits per heavy atom. The normalized spacial score (nSPS) is 14.4. The highest BCUT2D eigenvalue weighted by atomic mass is 16.4. The lowest BCUT2D eigenvalue weighted by Gasteiger charge is -2.25. The number of aromatic nitrogens is 2. The maximum atomic E-state index is 12.8. The van der Waals surface area contributed by atoms with Gasteiger partial charge in [-0.05, 0) is 5.92 Å². The molecule has 0 aliphatic rings. The van der Waals surface area contributed by atoms with E-state index in [9.17, 15) is 33.9 Å². The molecule has 1 heterocycles. The first-order valence-corrected chi connectivity index (χ1v) is 10.2. The summed E-state index contributed by atoms with van der Waals surface area (Å²) < 4.78 is 0. The van der Waals surface area contributed by atoms with Crippen LogP contribution in [0.2, 0.25) is 0 Å². The van der Waals surface area contributed by atoms with Gasteiger partial charge in [-0.1, -0.05) is 13.8 Å². The third-order valence-electron chi connectivity index (χ3n) is 4.61. The number of carboxylic acid groups (broad SMARTS) is 2. The van der Waals surface area contributed by atoms with Gasteiger partial charge in [0.1, 0.15) is 18.1 Å². The van der Waals surface area contributed by atoms with Crippen molar-refractivity contribution in [1.82, 2.24) is 25.9 Å². The van der Waals surface area contributed by atoms with Crippen LogP contribution < -0.4 is 27.4 Å². The molecule has 0 aliphatic carbocycles. The molecule has 0 aromatic carbocycles. The highest BCUT2D eigenvalue weighted by Crippen LogP contribution is 2.06. The Morgan fingerprint density at radius 2 is 1.56 bits per heavy atom. The number of nitrogens with zero attached hydrogens (tertiary/aromatic N) is 1. The topological polar surface area (TPSA) is 260 Å². The van der Waals surface area contributed by atoms with Gasteiger partial charge in [0, 0.05) is 18.3 Å². The summed E-state index contributed by atoms with van der Waals surface area (Å²) >= 11 is 0. The van der Waals surface area contributed by atoms with Crippen molar-refractivity contribution in [3.05, 3.63) is 18.2 Å². The maximum absolute atomic E-state index is 12.8. The molecule has 34 heavy (non-hydrogen) atoms. The summed E-state index contributed by atoms with van der Waals surface area (Å²) in [7, 11) is 0. The van der Waals surface area contributed by atoms with E-state index in [2.05, 4.69) is 25.9 Å². The second-order valence-corrected chi connectivity index (χ2v) is 7.85. The summed E-state index contributed by atoms with van der Waals surface area (Å²) in [4.78, 5) is 78.0. The SMILES string of the molecule is CC(C)C(NC(=O)C(Cc1cnc[nH]1)NC(=O)C(CC(=O)O)NC(=O)C(N)CC(N)=O)C(=O)O. The van der Waals surface area contributed by atoms with Gasteiger partial charge in [-0.2, -0.15) is 0 Å². The fourth-order valence-electron chi connectivity index (χ4n) is 2.84. The number of amides is 4. The average molecular weight is 483 g/mol. The van der Waals surface area contributed by atoms with Crippen molar-refractivity contribution < 1.29 is 39.0 Å². The van der Waals surface area contributed by atoms with E-state index in [0.717, 1.165) is 0 Å². The molecule has 0 saturated heterocycles. The number of primary amides is 1. The number of carbonyl (C=O) groups excluding carboxylic acids is 4. The molecular formula is C19H29N7O8. The van der Waals surface area contributed by atoms with Crippen LogP contribution in [0.4, 0.5) is 0 Å². The van der Waals surface area contributed by atoms with Gasteiger partial charge in [0.05, 0.1) is 25.2 Å². The van der Waals surface area contributed by atoms with E-state index in [1.165, 1.54) is 12.5 Å². The number of nitrogens with two attached hydrogens (primary N) is 2. The van der Waals surface area contributed by atoms with Crippen molar-refractivity contribution >= 4 is 35.6 Å². The van der Waals surface area contributed by atoms with Crippen LogP contribution in [0.1, 0.15) is 32.4 Å². The molecule has 188 valence electrons. The molecule has 0 aliphatic heterocycles. The first-order chi connectivity index (χ1) is 15.8. The van der Waals surface area contributed by atoms with Gasteiger partial charge < -0.3 is 42.6 Å². The predicted molar refractivity (Wildman–Crippen MR) is 115 cm³/mol. The number of hydrogen-bond acceptors (Lipinski definition) is 8. The minimum atomic E-state index is -1.65. The number of aliphatic carboxylic acids is 2. The van der Waals surface area contributed by atoms with Crippen LogP contribution in [0.15, 0.2) is 12.5 Å². The molecule has 10 N–H and O–H groups in total. The van der Waals surface area contributed by atoms with E-state index < -0.39 is 78.5 Å². The number of rotatable bonds is 14. The fraction of sp³-hybridized carbons (Fsp3) is 0.526. The lowest BCUT2D eigenvalue weighted by Crippen LogP contribution is -2.58. The van der Waals surface area contributed by atoms with Gasteiger partial charge >= 0.3 is 11.9 Å². The second kappa shape index (κ2) is 12.9. The molecule has 0 fully saturated rings. The summed E-state index contributed by atoms with van der Waals surface area (Å²) in [6.07, 6.45) is 1.17. The Hall–Kier alpha value is -4.01. The van der Waals surface area contributed by atoms with Crippen molar-refractivity contribution in [2.24, 2.45) is 17.4 Å². The number of nitrogens with one attached hydrogen (secondary N) is 4. The van der Waals surface area contributed by atoms with Crippen LogP contribution in [0, 0.1) is 5.92 Å². The minimum absolute atomic E-state index is 0.142. The van der Waals surface area contributed by atoms with E-state index in [4.69, 9.17) is 16.6 Å². The van der Waals surface area contributed by atoms with E-state index in [-0.39, 0.29) is 6.42 Å². The standard InChI is InChI=1S/C19H29N7O8/c1-8(2)15(19(33)34)26-18(32)11(3-9-6-22-7-23-9)25-17(31)12(5-14(28)29)24-16(30)10(20)4-13(21)27/h6-8,10-12,15H,3-5,20H2,1-2H3,(H2,21,27)(H,22,23)(H,24,30)(H,25,31)(H,26,32)(H,28,29)(H,33,34). The van der Waals surface area contributed by atoms with Gasteiger partial charge in [-0.3, -0.25) is 24.0 Å².